The number of ether oxygens (including phenoxy) is 1. The number of carbonyl (C=O) groups is 1. The smallest absolute Gasteiger partial charge is 0.335 e. The number of pyridine rings is 2. The highest BCUT2D eigenvalue weighted by Crippen LogP contribution is 2.25. The van der Waals surface area contributed by atoms with Crippen molar-refractivity contribution in [2.24, 2.45) is 0 Å². The second kappa shape index (κ2) is 6.19. The van der Waals surface area contributed by atoms with Crippen molar-refractivity contribution in [3.8, 4) is 5.88 Å². The largest absolute Gasteiger partial charge is 0.481 e. The molecule has 0 saturated heterocycles. The Balaban J connectivity index is 2.10. The molecule has 5 nitrogen and oxygen atoms in total. The Bertz CT molecular complexity index is 590. The first-order valence-electron chi connectivity index (χ1n) is 5.50. The van der Waals surface area contributed by atoms with E-state index in [1.54, 1.807) is 19.4 Å². The molecule has 2 rings (SSSR count). The maximum atomic E-state index is 10.9. The first-order valence-corrected chi connectivity index (χ1v) is 6.49. The summed E-state index contributed by atoms with van der Waals surface area (Å²) in [6.45, 7) is 0. The van der Waals surface area contributed by atoms with E-state index >= 15 is 0 Å². The van der Waals surface area contributed by atoms with Crippen LogP contribution < -0.4 is 4.74 Å². The first kappa shape index (κ1) is 13.4. The van der Waals surface area contributed by atoms with E-state index < -0.39 is 5.97 Å². The summed E-state index contributed by atoms with van der Waals surface area (Å²) in [6.07, 6.45) is 3.16. The molecule has 0 aliphatic carbocycles. The minimum Gasteiger partial charge on any atom is -0.481 e. The lowest BCUT2D eigenvalue weighted by Gasteiger charge is -2.06. The predicted octanol–water partition coefficient (Wildman–Crippen LogP) is 2.48. The molecule has 0 amide bonds. The Morgan fingerprint density at radius 1 is 1.37 bits per heavy atom. The second-order valence-electron chi connectivity index (χ2n) is 3.65. The highest BCUT2D eigenvalue weighted by atomic mass is 32.2. The van der Waals surface area contributed by atoms with Gasteiger partial charge in [-0.3, -0.25) is 0 Å². The number of carboxylic acid groups (broad SMARTS) is 1. The molecule has 6 heteroatoms. The van der Waals surface area contributed by atoms with Gasteiger partial charge < -0.3 is 9.84 Å². The molecule has 1 N–H and O–H groups in total. The van der Waals surface area contributed by atoms with E-state index in [1.807, 2.05) is 12.1 Å². The normalized spacial score (nSPS) is 10.2. The van der Waals surface area contributed by atoms with Crippen molar-refractivity contribution in [1.82, 2.24) is 9.97 Å². The number of carboxylic acids is 1. The first-order chi connectivity index (χ1) is 9.20. The Morgan fingerprint density at radius 3 is 2.95 bits per heavy atom. The molecule has 0 bridgehead atoms. The van der Waals surface area contributed by atoms with Crippen LogP contribution in [0.4, 0.5) is 0 Å². The third-order valence-electron chi connectivity index (χ3n) is 2.40. The summed E-state index contributed by atoms with van der Waals surface area (Å²) in [7, 11) is 1.57. The highest BCUT2D eigenvalue weighted by molar-refractivity contribution is 7.98. The maximum Gasteiger partial charge on any atom is 0.335 e. The van der Waals surface area contributed by atoms with Crippen LogP contribution in [0.15, 0.2) is 41.7 Å². The molecule has 0 atom stereocenters. The topological polar surface area (TPSA) is 72.3 Å². The number of aromatic nitrogens is 2. The van der Waals surface area contributed by atoms with E-state index in [-0.39, 0.29) is 5.56 Å². The van der Waals surface area contributed by atoms with E-state index in [4.69, 9.17) is 9.84 Å². The molecule has 2 heterocycles. The molecule has 0 aromatic carbocycles. The summed E-state index contributed by atoms with van der Waals surface area (Å²) < 4.78 is 5.16. The van der Waals surface area contributed by atoms with Gasteiger partial charge in [0.2, 0.25) is 5.88 Å². The van der Waals surface area contributed by atoms with Crippen molar-refractivity contribution in [2.75, 3.05) is 7.11 Å². The van der Waals surface area contributed by atoms with Crippen LogP contribution in [0.2, 0.25) is 0 Å². The van der Waals surface area contributed by atoms with Crippen LogP contribution in [0.3, 0.4) is 0 Å². The number of rotatable bonds is 5. The molecule has 0 aliphatic rings. The molecule has 0 spiro atoms. The quantitative estimate of drug-likeness (QED) is 0.846. The van der Waals surface area contributed by atoms with Crippen molar-refractivity contribution in [3.05, 3.63) is 47.8 Å². The van der Waals surface area contributed by atoms with Gasteiger partial charge in [-0.1, -0.05) is 6.07 Å². The van der Waals surface area contributed by atoms with E-state index in [1.165, 1.54) is 24.0 Å². The van der Waals surface area contributed by atoms with Gasteiger partial charge in [0.25, 0.3) is 0 Å². The lowest BCUT2D eigenvalue weighted by atomic mass is 10.3. The summed E-state index contributed by atoms with van der Waals surface area (Å²) in [5.74, 6) is 0.236. The summed E-state index contributed by atoms with van der Waals surface area (Å²) in [5.41, 5.74) is 1.17. The van der Waals surface area contributed by atoms with E-state index in [2.05, 4.69) is 9.97 Å². The number of methoxy groups -OCH3 is 1. The molecule has 0 radical (unpaired) electrons. The van der Waals surface area contributed by atoms with Crippen LogP contribution >= 0.6 is 11.8 Å². The molecule has 19 heavy (non-hydrogen) atoms. The Hall–Kier alpha value is -2.08. The third-order valence-corrected chi connectivity index (χ3v) is 3.38. The monoisotopic (exact) mass is 276 g/mol. The zero-order chi connectivity index (χ0) is 13.7. The average Bonchev–Trinajstić information content (AvgIpc) is 2.45. The zero-order valence-corrected chi connectivity index (χ0v) is 11.1. The lowest BCUT2D eigenvalue weighted by molar-refractivity contribution is 0.0696. The minimum atomic E-state index is -0.955. The fourth-order valence-electron chi connectivity index (χ4n) is 1.49. The van der Waals surface area contributed by atoms with Crippen LogP contribution in [0, 0.1) is 0 Å². The van der Waals surface area contributed by atoms with E-state index in [0.717, 1.165) is 5.56 Å². The van der Waals surface area contributed by atoms with Gasteiger partial charge >= 0.3 is 5.97 Å². The van der Waals surface area contributed by atoms with Gasteiger partial charge in [0.05, 0.1) is 17.7 Å². The Morgan fingerprint density at radius 2 is 2.21 bits per heavy atom. The van der Waals surface area contributed by atoms with Gasteiger partial charge in [-0.25, -0.2) is 14.8 Å². The van der Waals surface area contributed by atoms with Gasteiger partial charge in [-0.2, -0.15) is 0 Å². The molecular weight excluding hydrogens is 264 g/mol. The molecule has 2 aromatic heterocycles. The number of aromatic carboxylic acids is 1. The number of nitrogens with zero attached hydrogens (tertiary/aromatic N) is 2. The molecule has 0 fully saturated rings. The number of hydrogen-bond donors (Lipinski definition) is 1. The third kappa shape index (κ3) is 3.45. The zero-order valence-electron chi connectivity index (χ0n) is 10.2. The molecule has 98 valence electrons. The summed E-state index contributed by atoms with van der Waals surface area (Å²) in [5, 5.41) is 9.57. The molecule has 0 unspecified atom stereocenters. The maximum absolute atomic E-state index is 10.9. The number of thioether (sulfide) groups is 1. The van der Waals surface area contributed by atoms with Crippen LogP contribution in [-0.2, 0) is 5.75 Å². The Kier molecular flexibility index (Phi) is 4.35. The Labute approximate surface area is 114 Å². The van der Waals surface area contributed by atoms with Crippen molar-refractivity contribution >= 4 is 17.7 Å². The predicted molar refractivity (Wildman–Crippen MR) is 71.5 cm³/mol. The van der Waals surface area contributed by atoms with Gasteiger partial charge in [0.1, 0.15) is 0 Å². The molecule has 0 saturated carbocycles. The fourth-order valence-corrected chi connectivity index (χ4v) is 2.36. The van der Waals surface area contributed by atoms with E-state index in [9.17, 15) is 4.79 Å². The summed E-state index contributed by atoms with van der Waals surface area (Å²) >= 11 is 1.44. The fraction of sp³-hybridized carbons (Fsp3) is 0.154. The minimum absolute atomic E-state index is 0.232. The van der Waals surface area contributed by atoms with Crippen LogP contribution in [0.1, 0.15) is 15.9 Å². The highest BCUT2D eigenvalue weighted by Gasteiger charge is 2.07. The van der Waals surface area contributed by atoms with Crippen molar-refractivity contribution in [2.45, 2.75) is 10.8 Å². The van der Waals surface area contributed by atoms with Gasteiger partial charge in [-0.05, 0) is 18.2 Å². The van der Waals surface area contributed by atoms with Crippen molar-refractivity contribution in [3.63, 3.8) is 0 Å². The van der Waals surface area contributed by atoms with Crippen LogP contribution in [0.5, 0.6) is 5.88 Å². The second-order valence-corrected chi connectivity index (χ2v) is 4.64. The summed E-state index contributed by atoms with van der Waals surface area (Å²) in [6, 6.07) is 6.77. The van der Waals surface area contributed by atoms with Gasteiger partial charge in [0.15, 0.2) is 0 Å². The molecular formula is C13H12N2O3S. The van der Waals surface area contributed by atoms with Crippen LogP contribution in [-0.4, -0.2) is 28.2 Å². The molecule has 2 aromatic rings. The van der Waals surface area contributed by atoms with Crippen molar-refractivity contribution in [1.29, 1.82) is 0 Å². The van der Waals surface area contributed by atoms with Gasteiger partial charge in [0, 0.05) is 23.7 Å². The van der Waals surface area contributed by atoms with Gasteiger partial charge in [-0.15, -0.1) is 11.8 Å². The SMILES string of the molecule is COc1ncccc1CSc1cc(C(=O)O)ccn1. The molecule has 0 aliphatic heterocycles. The van der Waals surface area contributed by atoms with E-state index in [0.29, 0.717) is 16.7 Å². The standard InChI is InChI=1S/C13H12N2O3S/c1-18-12-10(3-2-5-15-12)8-19-11-7-9(13(16)17)4-6-14-11/h2-7H,8H2,1H3,(H,16,17). The van der Waals surface area contributed by atoms with Crippen LogP contribution in [0.25, 0.3) is 0 Å². The lowest BCUT2D eigenvalue weighted by Crippen LogP contribution is -1.97. The summed E-state index contributed by atoms with van der Waals surface area (Å²) in [4.78, 5) is 19.1. The number of hydrogen-bond acceptors (Lipinski definition) is 5. The average molecular weight is 276 g/mol. The van der Waals surface area contributed by atoms with Crippen molar-refractivity contribution < 1.29 is 14.6 Å².